The molecule has 1 N–H and O–H groups in total. The zero-order valence-corrected chi connectivity index (χ0v) is 17.5. The lowest BCUT2D eigenvalue weighted by atomic mass is 10.0. The van der Waals surface area contributed by atoms with E-state index in [9.17, 15) is 4.79 Å². The van der Waals surface area contributed by atoms with Crippen LogP contribution in [0, 0.1) is 6.92 Å². The van der Waals surface area contributed by atoms with Crippen LogP contribution in [-0.2, 0) is 11.3 Å². The largest absolute Gasteiger partial charge is 0.325 e. The van der Waals surface area contributed by atoms with Crippen molar-refractivity contribution in [1.82, 2.24) is 14.8 Å². The number of carbonyl (C=O) groups is 1. The van der Waals surface area contributed by atoms with Crippen LogP contribution in [-0.4, -0.2) is 26.4 Å². The van der Waals surface area contributed by atoms with E-state index in [1.807, 2.05) is 84.3 Å². The molecule has 0 spiro atoms. The fourth-order valence-corrected chi connectivity index (χ4v) is 3.98. The fraction of sp³-hybridized carbons (Fsp3) is 0.125. The number of amides is 1. The highest BCUT2D eigenvalue weighted by atomic mass is 32.2. The van der Waals surface area contributed by atoms with Gasteiger partial charge in [0.05, 0.1) is 12.3 Å². The third-order valence-electron chi connectivity index (χ3n) is 4.70. The maximum Gasteiger partial charge on any atom is 0.234 e. The number of rotatable bonds is 7. The van der Waals surface area contributed by atoms with Crippen molar-refractivity contribution in [2.24, 2.45) is 0 Å². The Labute approximate surface area is 180 Å². The molecule has 150 valence electrons. The Balaban J connectivity index is 1.43. The van der Waals surface area contributed by atoms with Gasteiger partial charge in [-0.05, 0) is 24.1 Å². The van der Waals surface area contributed by atoms with Crippen molar-refractivity contribution in [2.45, 2.75) is 18.6 Å². The van der Waals surface area contributed by atoms with Gasteiger partial charge in [-0.2, -0.15) is 0 Å². The summed E-state index contributed by atoms with van der Waals surface area (Å²) in [5.41, 5.74) is 4.04. The molecule has 0 aliphatic carbocycles. The van der Waals surface area contributed by atoms with Gasteiger partial charge >= 0.3 is 0 Å². The number of nitrogens with zero attached hydrogens (tertiary/aromatic N) is 3. The van der Waals surface area contributed by atoms with Crippen LogP contribution < -0.4 is 5.32 Å². The average Bonchev–Trinajstić information content (AvgIpc) is 3.13. The fourth-order valence-electron chi connectivity index (χ4n) is 3.19. The molecule has 0 aliphatic rings. The van der Waals surface area contributed by atoms with E-state index in [1.165, 1.54) is 17.3 Å². The molecule has 6 heteroatoms. The summed E-state index contributed by atoms with van der Waals surface area (Å²) in [4.78, 5) is 12.7. The van der Waals surface area contributed by atoms with Crippen LogP contribution in [0.1, 0.15) is 11.4 Å². The first-order valence-electron chi connectivity index (χ1n) is 9.71. The van der Waals surface area contributed by atoms with E-state index >= 15 is 0 Å². The predicted octanol–water partition coefficient (Wildman–Crippen LogP) is 5.03. The maximum absolute atomic E-state index is 12.7. The summed E-state index contributed by atoms with van der Waals surface area (Å²) < 4.78 is 2.03. The van der Waals surface area contributed by atoms with Crippen LogP contribution in [0.3, 0.4) is 0 Å². The normalized spacial score (nSPS) is 10.7. The van der Waals surface area contributed by atoms with Gasteiger partial charge in [-0.15, -0.1) is 10.2 Å². The lowest BCUT2D eigenvalue weighted by molar-refractivity contribution is -0.113. The van der Waals surface area contributed by atoms with Crippen LogP contribution >= 0.6 is 11.8 Å². The van der Waals surface area contributed by atoms with Crippen molar-refractivity contribution in [3.63, 3.8) is 0 Å². The quantitative estimate of drug-likeness (QED) is 0.431. The van der Waals surface area contributed by atoms with E-state index in [0.29, 0.717) is 6.54 Å². The lowest BCUT2D eigenvalue weighted by Gasteiger charge is -2.12. The Morgan fingerprint density at radius 3 is 2.33 bits per heavy atom. The molecule has 0 saturated carbocycles. The number of para-hydroxylation sites is 1. The van der Waals surface area contributed by atoms with E-state index in [2.05, 4.69) is 27.6 Å². The maximum atomic E-state index is 12.7. The molecule has 0 saturated heterocycles. The lowest BCUT2D eigenvalue weighted by Crippen LogP contribution is -2.15. The summed E-state index contributed by atoms with van der Waals surface area (Å²) in [6.07, 6.45) is 0. The molecule has 1 amide bonds. The van der Waals surface area contributed by atoms with Gasteiger partial charge in [0, 0.05) is 11.3 Å². The van der Waals surface area contributed by atoms with Gasteiger partial charge < -0.3 is 9.88 Å². The number of thioether (sulfide) groups is 1. The van der Waals surface area contributed by atoms with Gasteiger partial charge in [0.1, 0.15) is 5.82 Å². The van der Waals surface area contributed by atoms with Crippen molar-refractivity contribution in [3.8, 4) is 11.1 Å². The monoisotopic (exact) mass is 414 g/mol. The predicted molar refractivity (Wildman–Crippen MR) is 122 cm³/mol. The number of benzene rings is 3. The minimum absolute atomic E-state index is 0.0738. The van der Waals surface area contributed by atoms with Crippen molar-refractivity contribution in [2.75, 3.05) is 11.1 Å². The third kappa shape index (κ3) is 4.78. The number of aromatic nitrogens is 3. The Morgan fingerprint density at radius 1 is 0.900 bits per heavy atom. The minimum atomic E-state index is -0.0738. The topological polar surface area (TPSA) is 59.8 Å². The van der Waals surface area contributed by atoms with Crippen molar-refractivity contribution < 1.29 is 4.79 Å². The van der Waals surface area contributed by atoms with Gasteiger partial charge in [-0.3, -0.25) is 4.79 Å². The molecular formula is C24H22N4OS. The molecule has 0 radical (unpaired) electrons. The van der Waals surface area contributed by atoms with Gasteiger partial charge in [0.25, 0.3) is 0 Å². The van der Waals surface area contributed by atoms with Crippen LogP contribution in [0.15, 0.2) is 90.1 Å². The number of hydrogen-bond acceptors (Lipinski definition) is 4. The third-order valence-corrected chi connectivity index (χ3v) is 5.67. The molecule has 4 rings (SSSR count). The molecule has 0 aliphatic heterocycles. The molecule has 30 heavy (non-hydrogen) atoms. The summed E-state index contributed by atoms with van der Waals surface area (Å²) in [5, 5.41) is 12.2. The first-order chi connectivity index (χ1) is 14.7. The van der Waals surface area contributed by atoms with Gasteiger partial charge in [-0.1, -0.05) is 90.6 Å². The Bertz CT molecular complexity index is 1130. The van der Waals surface area contributed by atoms with Crippen molar-refractivity contribution in [3.05, 3.63) is 96.3 Å². The van der Waals surface area contributed by atoms with E-state index in [-0.39, 0.29) is 11.7 Å². The number of nitrogens with one attached hydrogen (secondary N) is 1. The molecule has 0 fully saturated rings. The summed E-state index contributed by atoms with van der Waals surface area (Å²) in [6, 6.07) is 28.0. The van der Waals surface area contributed by atoms with Crippen LogP contribution in [0.2, 0.25) is 0 Å². The second kappa shape index (κ2) is 9.41. The van der Waals surface area contributed by atoms with Crippen molar-refractivity contribution >= 4 is 23.4 Å². The second-order valence-electron chi connectivity index (χ2n) is 6.85. The first kappa shape index (κ1) is 19.9. The smallest absolute Gasteiger partial charge is 0.234 e. The van der Waals surface area contributed by atoms with Gasteiger partial charge in [-0.25, -0.2) is 0 Å². The molecule has 5 nitrogen and oxygen atoms in total. The Morgan fingerprint density at radius 2 is 1.57 bits per heavy atom. The minimum Gasteiger partial charge on any atom is -0.325 e. The van der Waals surface area contributed by atoms with E-state index < -0.39 is 0 Å². The first-order valence-corrected chi connectivity index (χ1v) is 10.7. The van der Waals surface area contributed by atoms with Crippen molar-refractivity contribution in [1.29, 1.82) is 0 Å². The van der Waals surface area contributed by atoms with E-state index in [1.54, 1.807) is 0 Å². The number of carbonyl (C=O) groups excluding carboxylic acids is 1. The summed E-state index contributed by atoms with van der Waals surface area (Å²) in [5.74, 6) is 1.02. The highest BCUT2D eigenvalue weighted by molar-refractivity contribution is 7.99. The highest BCUT2D eigenvalue weighted by Gasteiger charge is 2.13. The Hall–Kier alpha value is -3.38. The van der Waals surface area contributed by atoms with Gasteiger partial charge in [0.2, 0.25) is 5.91 Å². The highest BCUT2D eigenvalue weighted by Crippen LogP contribution is 2.28. The van der Waals surface area contributed by atoms with E-state index in [4.69, 9.17) is 0 Å². The molecular weight excluding hydrogens is 392 g/mol. The summed E-state index contributed by atoms with van der Waals surface area (Å²) in [6.45, 7) is 2.61. The van der Waals surface area contributed by atoms with Crippen LogP contribution in [0.4, 0.5) is 5.69 Å². The standard InChI is InChI=1S/C24H22N4OS/c1-18-26-27-24(28(18)16-19-10-4-2-5-11-19)30-17-23(29)25-22-15-9-8-14-21(22)20-12-6-3-7-13-20/h2-15H,16-17H2,1H3,(H,25,29). The molecule has 1 aromatic heterocycles. The second-order valence-corrected chi connectivity index (χ2v) is 7.79. The molecule has 4 aromatic rings. The molecule has 3 aromatic carbocycles. The van der Waals surface area contributed by atoms with Crippen LogP contribution in [0.5, 0.6) is 0 Å². The molecule has 1 heterocycles. The zero-order chi connectivity index (χ0) is 20.8. The molecule has 0 bridgehead atoms. The van der Waals surface area contributed by atoms with Crippen LogP contribution in [0.25, 0.3) is 11.1 Å². The number of anilines is 1. The summed E-state index contributed by atoms with van der Waals surface area (Å²) in [7, 11) is 0. The summed E-state index contributed by atoms with van der Waals surface area (Å²) >= 11 is 1.39. The number of aryl methyl sites for hydroxylation is 1. The average molecular weight is 415 g/mol. The molecule has 0 atom stereocenters. The number of hydrogen-bond donors (Lipinski definition) is 1. The van der Waals surface area contributed by atoms with E-state index in [0.717, 1.165) is 27.8 Å². The van der Waals surface area contributed by atoms with Gasteiger partial charge in [0.15, 0.2) is 5.16 Å². The SMILES string of the molecule is Cc1nnc(SCC(=O)Nc2ccccc2-c2ccccc2)n1Cc1ccccc1. The zero-order valence-electron chi connectivity index (χ0n) is 16.7. The Kier molecular flexibility index (Phi) is 6.25. The molecule has 0 unspecified atom stereocenters.